The molecule has 2 nitrogen and oxygen atoms in total. The summed E-state index contributed by atoms with van der Waals surface area (Å²) in [6.45, 7) is 10.4. The van der Waals surface area contributed by atoms with Crippen molar-refractivity contribution >= 4 is 5.69 Å². The van der Waals surface area contributed by atoms with Crippen LogP contribution in [0.2, 0.25) is 0 Å². The summed E-state index contributed by atoms with van der Waals surface area (Å²) < 4.78 is 0. The second kappa shape index (κ2) is 9.85. The monoisotopic (exact) mass is 262 g/mol. The molecule has 0 aromatic heterocycles. The van der Waals surface area contributed by atoms with E-state index in [1.165, 1.54) is 44.5 Å². The molecule has 2 heteroatoms. The van der Waals surface area contributed by atoms with Crippen LogP contribution in [0.25, 0.3) is 0 Å². The Kier molecular flexibility index (Phi) is 8.31. The van der Waals surface area contributed by atoms with Crippen molar-refractivity contribution in [2.45, 2.75) is 52.5 Å². The Morgan fingerprint density at radius 1 is 1.05 bits per heavy atom. The molecule has 0 saturated heterocycles. The van der Waals surface area contributed by atoms with Crippen molar-refractivity contribution in [3.05, 3.63) is 30.3 Å². The molecule has 19 heavy (non-hydrogen) atoms. The Morgan fingerprint density at radius 2 is 1.74 bits per heavy atom. The summed E-state index contributed by atoms with van der Waals surface area (Å²) in [5.74, 6) is 0. The number of benzene rings is 1. The van der Waals surface area contributed by atoms with Gasteiger partial charge in [-0.1, -0.05) is 38.5 Å². The van der Waals surface area contributed by atoms with Crippen LogP contribution in [0.4, 0.5) is 5.69 Å². The summed E-state index contributed by atoms with van der Waals surface area (Å²) in [6.07, 6.45) is 5.06. The van der Waals surface area contributed by atoms with Gasteiger partial charge in [0.1, 0.15) is 0 Å². The lowest BCUT2D eigenvalue weighted by atomic mass is 10.2. The highest BCUT2D eigenvalue weighted by atomic mass is 15.1. The molecule has 0 aliphatic heterocycles. The van der Waals surface area contributed by atoms with E-state index in [2.05, 4.69) is 61.3 Å². The summed E-state index contributed by atoms with van der Waals surface area (Å²) in [5.41, 5.74) is 1.23. The predicted octanol–water partition coefficient (Wildman–Crippen LogP) is 4.39. The number of rotatable bonds is 10. The van der Waals surface area contributed by atoms with E-state index in [1.807, 2.05) is 0 Å². The minimum atomic E-state index is 0.711. The van der Waals surface area contributed by atoms with Gasteiger partial charge >= 0.3 is 0 Å². The first-order valence-electron chi connectivity index (χ1n) is 7.80. The molecule has 0 amide bonds. The summed E-state index contributed by atoms with van der Waals surface area (Å²) in [6, 6.07) is 11.2. The third-order valence-electron chi connectivity index (χ3n) is 3.74. The van der Waals surface area contributed by atoms with E-state index in [1.54, 1.807) is 0 Å². The molecule has 0 radical (unpaired) electrons. The zero-order valence-electron chi connectivity index (χ0n) is 12.9. The van der Waals surface area contributed by atoms with Crippen molar-refractivity contribution < 1.29 is 0 Å². The molecule has 1 unspecified atom stereocenters. The van der Waals surface area contributed by atoms with Gasteiger partial charge in [0, 0.05) is 24.8 Å². The van der Waals surface area contributed by atoms with E-state index in [-0.39, 0.29) is 0 Å². The Labute approximate surface area is 119 Å². The van der Waals surface area contributed by atoms with Gasteiger partial charge in [-0.05, 0) is 44.9 Å². The van der Waals surface area contributed by atoms with E-state index in [9.17, 15) is 0 Å². The lowest BCUT2D eigenvalue weighted by Crippen LogP contribution is -2.35. The third kappa shape index (κ3) is 6.63. The number of hydrogen-bond acceptors (Lipinski definition) is 2. The molecule has 1 aromatic carbocycles. The van der Waals surface area contributed by atoms with Crippen LogP contribution in [0.3, 0.4) is 0 Å². The smallest absolute Gasteiger partial charge is 0.0340 e. The van der Waals surface area contributed by atoms with Gasteiger partial charge in [0.25, 0.3) is 0 Å². The molecule has 1 aromatic rings. The normalized spacial score (nSPS) is 12.6. The first kappa shape index (κ1) is 16.0. The Balaban J connectivity index is 2.23. The lowest BCUT2D eigenvalue weighted by Gasteiger charge is -2.28. The molecule has 0 heterocycles. The van der Waals surface area contributed by atoms with Gasteiger partial charge in [-0.3, -0.25) is 0 Å². The van der Waals surface area contributed by atoms with Crippen LogP contribution in [0, 0.1) is 0 Å². The van der Waals surface area contributed by atoms with Crippen molar-refractivity contribution in [1.29, 1.82) is 0 Å². The minimum Gasteiger partial charge on any atom is -0.385 e. The van der Waals surface area contributed by atoms with Gasteiger partial charge in [0.2, 0.25) is 0 Å². The highest BCUT2D eigenvalue weighted by Crippen LogP contribution is 2.08. The van der Waals surface area contributed by atoms with Crippen LogP contribution < -0.4 is 5.32 Å². The Morgan fingerprint density at radius 3 is 2.37 bits per heavy atom. The molecule has 0 fully saturated rings. The van der Waals surface area contributed by atoms with Crippen molar-refractivity contribution in [2.24, 2.45) is 0 Å². The molecule has 0 aliphatic carbocycles. The molecule has 0 spiro atoms. The van der Waals surface area contributed by atoms with Crippen LogP contribution >= 0.6 is 0 Å². The molecular formula is C17H30N2. The van der Waals surface area contributed by atoms with E-state index in [0.29, 0.717) is 6.04 Å². The fraction of sp³-hybridized carbons (Fsp3) is 0.647. The lowest BCUT2D eigenvalue weighted by molar-refractivity contribution is 0.200. The Bertz CT molecular complexity index is 310. The second-order valence-electron chi connectivity index (χ2n) is 5.29. The standard InChI is InChI=1S/C17H30N2/c1-4-6-14-19(16(3)5-2)15-10-13-18-17-11-8-7-9-12-17/h7-9,11-12,16,18H,4-6,10,13-15H2,1-3H3. The molecule has 1 rings (SSSR count). The highest BCUT2D eigenvalue weighted by molar-refractivity contribution is 5.42. The number of nitrogens with one attached hydrogen (secondary N) is 1. The SMILES string of the molecule is CCCCN(CCCNc1ccccc1)C(C)CC. The highest BCUT2D eigenvalue weighted by Gasteiger charge is 2.10. The van der Waals surface area contributed by atoms with Crippen molar-refractivity contribution in [2.75, 3.05) is 25.0 Å². The third-order valence-corrected chi connectivity index (χ3v) is 3.74. The number of hydrogen-bond donors (Lipinski definition) is 1. The first-order valence-corrected chi connectivity index (χ1v) is 7.80. The number of para-hydroxylation sites is 1. The van der Waals surface area contributed by atoms with Crippen LogP contribution in [-0.4, -0.2) is 30.6 Å². The fourth-order valence-electron chi connectivity index (χ4n) is 2.24. The van der Waals surface area contributed by atoms with Crippen molar-refractivity contribution in [3.8, 4) is 0 Å². The number of anilines is 1. The first-order chi connectivity index (χ1) is 9.27. The van der Waals surface area contributed by atoms with Crippen molar-refractivity contribution in [1.82, 2.24) is 4.90 Å². The summed E-state index contributed by atoms with van der Waals surface area (Å²) in [5, 5.41) is 3.49. The van der Waals surface area contributed by atoms with Crippen LogP contribution in [-0.2, 0) is 0 Å². The topological polar surface area (TPSA) is 15.3 Å². The maximum atomic E-state index is 3.49. The van der Waals surface area contributed by atoms with Gasteiger partial charge in [0.05, 0.1) is 0 Å². The summed E-state index contributed by atoms with van der Waals surface area (Å²) in [4.78, 5) is 2.64. The zero-order chi connectivity index (χ0) is 13.9. The van der Waals surface area contributed by atoms with E-state index >= 15 is 0 Å². The van der Waals surface area contributed by atoms with Crippen molar-refractivity contribution in [3.63, 3.8) is 0 Å². The molecule has 1 atom stereocenters. The van der Waals surface area contributed by atoms with Gasteiger partial charge in [-0.25, -0.2) is 0 Å². The van der Waals surface area contributed by atoms with Gasteiger partial charge in [-0.2, -0.15) is 0 Å². The zero-order valence-corrected chi connectivity index (χ0v) is 12.9. The number of unbranched alkanes of at least 4 members (excludes halogenated alkanes) is 1. The van der Waals surface area contributed by atoms with E-state index in [0.717, 1.165) is 6.54 Å². The molecule has 0 bridgehead atoms. The van der Waals surface area contributed by atoms with Crippen LogP contribution in [0.5, 0.6) is 0 Å². The number of nitrogens with zero attached hydrogens (tertiary/aromatic N) is 1. The van der Waals surface area contributed by atoms with E-state index < -0.39 is 0 Å². The fourth-order valence-corrected chi connectivity index (χ4v) is 2.24. The molecular weight excluding hydrogens is 232 g/mol. The molecule has 108 valence electrons. The minimum absolute atomic E-state index is 0.711. The second-order valence-corrected chi connectivity index (χ2v) is 5.29. The van der Waals surface area contributed by atoms with Crippen LogP contribution in [0.15, 0.2) is 30.3 Å². The predicted molar refractivity (Wildman–Crippen MR) is 85.8 cm³/mol. The quantitative estimate of drug-likeness (QED) is 0.629. The van der Waals surface area contributed by atoms with E-state index in [4.69, 9.17) is 0 Å². The molecule has 0 aliphatic rings. The molecule has 0 saturated carbocycles. The average molecular weight is 262 g/mol. The van der Waals surface area contributed by atoms with Gasteiger partial charge < -0.3 is 10.2 Å². The molecule has 1 N–H and O–H groups in total. The summed E-state index contributed by atoms with van der Waals surface area (Å²) in [7, 11) is 0. The maximum absolute atomic E-state index is 3.49. The Hall–Kier alpha value is -1.02. The summed E-state index contributed by atoms with van der Waals surface area (Å²) >= 11 is 0. The van der Waals surface area contributed by atoms with Gasteiger partial charge in [0.15, 0.2) is 0 Å². The van der Waals surface area contributed by atoms with Gasteiger partial charge in [-0.15, -0.1) is 0 Å². The average Bonchev–Trinajstić information content (AvgIpc) is 2.47. The van der Waals surface area contributed by atoms with Crippen LogP contribution in [0.1, 0.15) is 46.5 Å². The maximum Gasteiger partial charge on any atom is 0.0340 e. The largest absolute Gasteiger partial charge is 0.385 e.